The molecule has 0 aliphatic heterocycles. The second-order valence-corrected chi connectivity index (χ2v) is 6.21. The minimum atomic E-state index is -3.85. The third kappa shape index (κ3) is 4.45. The topological polar surface area (TPSA) is 73.1 Å². The Morgan fingerprint density at radius 1 is 1.19 bits per heavy atom. The Bertz CT molecular complexity index is 723. The molecule has 0 saturated carbocycles. The summed E-state index contributed by atoms with van der Waals surface area (Å²) in [5.41, 5.74) is 0.896. The van der Waals surface area contributed by atoms with E-state index in [9.17, 15) is 17.2 Å². The summed E-state index contributed by atoms with van der Waals surface area (Å²) in [5.74, 6) is -0.343. The number of nitrogens with zero attached hydrogens (tertiary/aromatic N) is 2. The fourth-order valence-electron chi connectivity index (χ4n) is 1.62. The standard InChI is InChI=1S/C13H12F2N2O3S/c14-11(15)7-4-8-21(18,19)13-17-16-12(20-13)9-10-5-2-1-3-6-10/h1-3,5-7H,4,8-9H2. The normalized spacial score (nSPS) is 11.3. The van der Waals surface area contributed by atoms with Gasteiger partial charge in [-0.25, -0.2) is 8.42 Å². The second-order valence-electron chi connectivity index (χ2n) is 4.23. The molecular weight excluding hydrogens is 302 g/mol. The fraction of sp³-hybridized carbons (Fsp3) is 0.231. The van der Waals surface area contributed by atoms with Gasteiger partial charge >= 0.3 is 5.22 Å². The highest BCUT2D eigenvalue weighted by Crippen LogP contribution is 2.14. The maximum atomic E-state index is 11.9. The molecule has 2 aromatic rings. The first kappa shape index (κ1) is 15.3. The molecule has 0 spiro atoms. The van der Waals surface area contributed by atoms with Crippen LogP contribution in [0.15, 0.2) is 52.1 Å². The lowest BCUT2D eigenvalue weighted by Gasteiger charge is -1.96. The predicted molar refractivity (Wildman–Crippen MR) is 70.5 cm³/mol. The lowest BCUT2D eigenvalue weighted by atomic mass is 10.2. The minimum Gasteiger partial charge on any atom is -0.412 e. The van der Waals surface area contributed by atoms with Crippen molar-refractivity contribution in [2.75, 3.05) is 5.75 Å². The molecule has 0 unspecified atom stereocenters. The Labute approximate surface area is 120 Å². The van der Waals surface area contributed by atoms with Crippen LogP contribution in [-0.2, 0) is 16.3 Å². The van der Waals surface area contributed by atoms with Crippen molar-refractivity contribution in [3.8, 4) is 0 Å². The van der Waals surface area contributed by atoms with Crippen LogP contribution in [0.3, 0.4) is 0 Å². The van der Waals surface area contributed by atoms with E-state index < -0.39 is 26.9 Å². The monoisotopic (exact) mass is 314 g/mol. The van der Waals surface area contributed by atoms with Crippen LogP contribution in [0.25, 0.3) is 0 Å². The first-order valence-electron chi connectivity index (χ1n) is 6.07. The van der Waals surface area contributed by atoms with Crippen LogP contribution < -0.4 is 0 Å². The Morgan fingerprint density at radius 3 is 2.57 bits per heavy atom. The SMILES string of the molecule is O=S(=O)(CCC=C(F)F)c1nnc(Cc2ccccc2)o1. The fourth-order valence-corrected chi connectivity index (χ4v) is 2.61. The van der Waals surface area contributed by atoms with E-state index in [0.717, 1.165) is 5.56 Å². The van der Waals surface area contributed by atoms with Crippen molar-refractivity contribution in [3.63, 3.8) is 0 Å². The summed E-state index contributed by atoms with van der Waals surface area (Å²) in [4.78, 5) is 0. The van der Waals surface area contributed by atoms with Crippen molar-refractivity contribution < 1.29 is 21.6 Å². The van der Waals surface area contributed by atoms with E-state index in [2.05, 4.69) is 10.2 Å². The molecule has 1 heterocycles. The van der Waals surface area contributed by atoms with Crippen molar-refractivity contribution in [1.82, 2.24) is 10.2 Å². The Hall–Kier alpha value is -2.09. The number of halogens is 2. The van der Waals surface area contributed by atoms with E-state index in [4.69, 9.17) is 4.42 Å². The molecule has 1 aromatic carbocycles. The van der Waals surface area contributed by atoms with E-state index in [1.54, 1.807) is 0 Å². The zero-order valence-electron chi connectivity index (χ0n) is 10.9. The van der Waals surface area contributed by atoms with Crippen LogP contribution in [0.2, 0.25) is 0 Å². The molecule has 112 valence electrons. The molecule has 0 radical (unpaired) electrons. The van der Waals surface area contributed by atoms with Crippen LogP contribution in [0.1, 0.15) is 17.9 Å². The van der Waals surface area contributed by atoms with Gasteiger partial charge in [0.1, 0.15) is 0 Å². The Balaban J connectivity index is 2.07. The largest absolute Gasteiger partial charge is 0.412 e. The molecule has 2 rings (SSSR count). The summed E-state index contributed by atoms with van der Waals surface area (Å²) < 4.78 is 52.5. The van der Waals surface area contributed by atoms with Gasteiger partial charge < -0.3 is 4.42 Å². The second kappa shape index (κ2) is 6.57. The van der Waals surface area contributed by atoms with Crippen molar-refractivity contribution in [2.24, 2.45) is 0 Å². The summed E-state index contributed by atoms with van der Waals surface area (Å²) in [7, 11) is -3.85. The van der Waals surface area contributed by atoms with Gasteiger partial charge in [-0.2, -0.15) is 8.78 Å². The first-order chi connectivity index (χ1) is 9.97. The smallest absolute Gasteiger partial charge is 0.335 e. The van der Waals surface area contributed by atoms with Gasteiger partial charge in [0.2, 0.25) is 15.7 Å². The number of rotatable bonds is 6. The van der Waals surface area contributed by atoms with Gasteiger partial charge in [0, 0.05) is 0 Å². The van der Waals surface area contributed by atoms with Crippen molar-refractivity contribution in [3.05, 3.63) is 53.9 Å². The molecule has 8 heteroatoms. The van der Waals surface area contributed by atoms with Crippen LogP contribution in [0, 0.1) is 0 Å². The highest BCUT2D eigenvalue weighted by atomic mass is 32.2. The molecule has 0 aliphatic carbocycles. The zero-order chi connectivity index (χ0) is 15.3. The van der Waals surface area contributed by atoms with E-state index in [1.165, 1.54) is 0 Å². The molecule has 1 aromatic heterocycles. The molecule has 0 N–H and O–H groups in total. The summed E-state index contributed by atoms with van der Waals surface area (Å²) in [5, 5.41) is 6.59. The average molecular weight is 314 g/mol. The summed E-state index contributed by atoms with van der Waals surface area (Å²) in [6.45, 7) is 0. The van der Waals surface area contributed by atoms with Gasteiger partial charge in [0.15, 0.2) is 0 Å². The maximum absolute atomic E-state index is 11.9. The van der Waals surface area contributed by atoms with Crippen LogP contribution in [0.4, 0.5) is 8.78 Å². The molecular formula is C13H12F2N2O3S. The van der Waals surface area contributed by atoms with E-state index in [-0.39, 0.29) is 12.3 Å². The van der Waals surface area contributed by atoms with E-state index in [0.29, 0.717) is 12.5 Å². The predicted octanol–water partition coefficient (Wildman–Crippen LogP) is 2.60. The maximum Gasteiger partial charge on any atom is 0.335 e. The average Bonchev–Trinajstić information content (AvgIpc) is 2.88. The molecule has 0 fully saturated rings. The first-order valence-corrected chi connectivity index (χ1v) is 7.73. The van der Waals surface area contributed by atoms with Crippen LogP contribution >= 0.6 is 0 Å². The lowest BCUT2D eigenvalue weighted by molar-refractivity contribution is 0.401. The molecule has 0 atom stereocenters. The van der Waals surface area contributed by atoms with Gasteiger partial charge in [-0.3, -0.25) is 0 Å². The van der Waals surface area contributed by atoms with Crippen molar-refractivity contribution >= 4 is 9.84 Å². The molecule has 21 heavy (non-hydrogen) atoms. The van der Waals surface area contributed by atoms with Gasteiger partial charge in [-0.05, 0) is 18.1 Å². The molecule has 5 nitrogen and oxygen atoms in total. The van der Waals surface area contributed by atoms with Crippen molar-refractivity contribution in [1.29, 1.82) is 0 Å². The van der Waals surface area contributed by atoms with E-state index >= 15 is 0 Å². The number of allylic oxidation sites excluding steroid dienone is 1. The number of benzene rings is 1. The van der Waals surface area contributed by atoms with Gasteiger partial charge in [-0.15, -0.1) is 5.10 Å². The van der Waals surface area contributed by atoms with Gasteiger partial charge in [0.05, 0.1) is 12.2 Å². The lowest BCUT2D eigenvalue weighted by Crippen LogP contribution is -2.06. The zero-order valence-corrected chi connectivity index (χ0v) is 11.7. The quantitative estimate of drug-likeness (QED) is 0.819. The van der Waals surface area contributed by atoms with Crippen LogP contribution in [-0.4, -0.2) is 24.4 Å². The molecule has 0 bridgehead atoms. The Kier molecular flexibility index (Phi) is 4.79. The number of hydrogen-bond acceptors (Lipinski definition) is 5. The van der Waals surface area contributed by atoms with E-state index in [1.807, 2.05) is 30.3 Å². The molecule has 0 saturated heterocycles. The molecule has 0 aliphatic rings. The van der Waals surface area contributed by atoms with Gasteiger partial charge in [-0.1, -0.05) is 35.4 Å². The van der Waals surface area contributed by atoms with Gasteiger partial charge in [0.25, 0.3) is 6.08 Å². The highest BCUT2D eigenvalue weighted by molar-refractivity contribution is 7.91. The van der Waals surface area contributed by atoms with Crippen molar-refractivity contribution in [2.45, 2.75) is 18.1 Å². The summed E-state index contributed by atoms with van der Waals surface area (Å²) >= 11 is 0. The number of sulfone groups is 1. The summed E-state index contributed by atoms with van der Waals surface area (Å²) in [6.07, 6.45) is -1.37. The number of aromatic nitrogens is 2. The van der Waals surface area contributed by atoms with Crippen LogP contribution in [0.5, 0.6) is 0 Å². The number of hydrogen-bond donors (Lipinski definition) is 0. The summed E-state index contributed by atoms with van der Waals surface area (Å²) in [6, 6.07) is 9.20. The third-order valence-corrected chi connectivity index (χ3v) is 4.07. The third-order valence-electron chi connectivity index (χ3n) is 2.60. The molecule has 0 amide bonds. The highest BCUT2D eigenvalue weighted by Gasteiger charge is 2.21. The Morgan fingerprint density at radius 2 is 1.90 bits per heavy atom. The minimum absolute atomic E-state index is 0.159.